The van der Waals surface area contributed by atoms with E-state index >= 15 is 0 Å². The molecule has 0 bridgehead atoms. The van der Waals surface area contributed by atoms with Gasteiger partial charge in [0, 0.05) is 19.6 Å². The van der Waals surface area contributed by atoms with Gasteiger partial charge in [0.05, 0.1) is 6.07 Å². The van der Waals surface area contributed by atoms with Crippen molar-refractivity contribution in [3.8, 4) is 6.07 Å². The molecule has 1 aromatic carbocycles. The highest BCUT2D eigenvalue weighted by atomic mass is 16.3. The molecule has 0 aromatic heterocycles. The van der Waals surface area contributed by atoms with Crippen LogP contribution in [-0.2, 0) is 6.54 Å². The number of nitrogens with zero attached hydrogens (tertiary/aromatic N) is 2. The van der Waals surface area contributed by atoms with E-state index in [0.29, 0.717) is 6.42 Å². The molecule has 0 spiro atoms. The van der Waals surface area contributed by atoms with Crippen molar-refractivity contribution >= 4 is 0 Å². The van der Waals surface area contributed by atoms with Gasteiger partial charge in [0.2, 0.25) is 0 Å². The Morgan fingerprint density at radius 3 is 2.52 bits per heavy atom. The number of benzene rings is 1. The van der Waals surface area contributed by atoms with Crippen molar-refractivity contribution in [2.45, 2.75) is 52.0 Å². The molecule has 1 N–H and O–H groups in total. The molecule has 1 aliphatic heterocycles. The van der Waals surface area contributed by atoms with E-state index in [9.17, 15) is 10.4 Å². The maximum absolute atomic E-state index is 9.87. The van der Waals surface area contributed by atoms with Crippen molar-refractivity contribution in [2.24, 2.45) is 11.3 Å². The molecule has 1 aromatic rings. The number of rotatable bonds is 8. The van der Waals surface area contributed by atoms with Crippen LogP contribution >= 0.6 is 0 Å². The second-order valence-electron chi connectivity index (χ2n) is 6.98. The molecule has 23 heavy (non-hydrogen) atoms. The lowest BCUT2D eigenvalue weighted by Gasteiger charge is -2.45. The van der Waals surface area contributed by atoms with E-state index in [1.54, 1.807) is 0 Å². The van der Waals surface area contributed by atoms with Crippen LogP contribution in [-0.4, -0.2) is 29.7 Å². The van der Waals surface area contributed by atoms with Crippen LogP contribution in [0.1, 0.15) is 51.0 Å². The zero-order valence-corrected chi connectivity index (χ0v) is 14.4. The van der Waals surface area contributed by atoms with Gasteiger partial charge in [0.15, 0.2) is 0 Å². The number of aliphatic hydroxyl groups excluding tert-OH is 1. The molecule has 2 rings (SSSR count). The van der Waals surface area contributed by atoms with Crippen LogP contribution in [0.4, 0.5) is 0 Å². The molecule has 0 saturated carbocycles. The summed E-state index contributed by atoms with van der Waals surface area (Å²) >= 11 is 0. The maximum Gasteiger partial charge on any atom is 0.0627 e. The summed E-state index contributed by atoms with van der Waals surface area (Å²) in [6, 6.07) is 13.0. The van der Waals surface area contributed by atoms with Crippen molar-refractivity contribution in [2.75, 3.05) is 19.7 Å². The highest BCUT2D eigenvalue weighted by Crippen LogP contribution is 2.44. The molecule has 126 valence electrons. The van der Waals surface area contributed by atoms with E-state index in [4.69, 9.17) is 0 Å². The smallest absolute Gasteiger partial charge is 0.0627 e. The summed E-state index contributed by atoms with van der Waals surface area (Å²) < 4.78 is 0. The number of piperidine rings is 1. The average Bonchev–Trinajstić information content (AvgIpc) is 2.59. The van der Waals surface area contributed by atoms with Crippen LogP contribution in [0.15, 0.2) is 30.3 Å². The second-order valence-corrected chi connectivity index (χ2v) is 6.98. The van der Waals surface area contributed by atoms with Gasteiger partial charge in [-0.3, -0.25) is 4.90 Å². The molecule has 0 aliphatic carbocycles. The lowest BCUT2D eigenvalue weighted by Crippen LogP contribution is -2.44. The number of hydrogen-bond donors (Lipinski definition) is 1. The fourth-order valence-electron chi connectivity index (χ4n) is 3.93. The van der Waals surface area contributed by atoms with Gasteiger partial charge in [0.25, 0.3) is 0 Å². The van der Waals surface area contributed by atoms with Crippen molar-refractivity contribution in [1.29, 1.82) is 5.26 Å². The van der Waals surface area contributed by atoms with Crippen LogP contribution in [0.5, 0.6) is 0 Å². The number of nitriles is 1. The van der Waals surface area contributed by atoms with Crippen LogP contribution in [0, 0.1) is 22.7 Å². The fourth-order valence-corrected chi connectivity index (χ4v) is 3.93. The molecule has 1 atom stereocenters. The Morgan fingerprint density at radius 1 is 1.26 bits per heavy atom. The van der Waals surface area contributed by atoms with Crippen molar-refractivity contribution in [1.82, 2.24) is 4.90 Å². The van der Waals surface area contributed by atoms with E-state index in [0.717, 1.165) is 51.7 Å². The van der Waals surface area contributed by atoms with E-state index in [-0.39, 0.29) is 17.9 Å². The topological polar surface area (TPSA) is 47.3 Å². The van der Waals surface area contributed by atoms with E-state index < -0.39 is 0 Å². The molecule has 1 unspecified atom stereocenters. The normalized spacial score (nSPS) is 19.2. The molecule has 1 saturated heterocycles. The third-order valence-corrected chi connectivity index (χ3v) is 5.52. The van der Waals surface area contributed by atoms with Gasteiger partial charge in [-0.2, -0.15) is 5.26 Å². The van der Waals surface area contributed by atoms with Gasteiger partial charge >= 0.3 is 0 Å². The lowest BCUT2D eigenvalue weighted by atomic mass is 9.65. The van der Waals surface area contributed by atoms with Gasteiger partial charge in [-0.05, 0) is 49.2 Å². The van der Waals surface area contributed by atoms with Gasteiger partial charge in [-0.15, -0.1) is 0 Å². The zero-order valence-electron chi connectivity index (χ0n) is 14.4. The lowest BCUT2D eigenvalue weighted by molar-refractivity contribution is 0.0138. The van der Waals surface area contributed by atoms with Gasteiger partial charge in [-0.25, -0.2) is 0 Å². The summed E-state index contributed by atoms with van der Waals surface area (Å²) in [6.07, 6.45) is 5.99. The molecule has 0 amide bonds. The minimum atomic E-state index is 0.0197. The molecule has 1 aliphatic rings. The van der Waals surface area contributed by atoms with Crippen molar-refractivity contribution < 1.29 is 5.11 Å². The van der Waals surface area contributed by atoms with E-state index in [2.05, 4.69) is 48.2 Å². The van der Waals surface area contributed by atoms with Crippen LogP contribution < -0.4 is 0 Å². The summed E-state index contributed by atoms with van der Waals surface area (Å²) in [4.78, 5) is 2.49. The Bertz CT molecular complexity index is 486. The predicted molar refractivity (Wildman–Crippen MR) is 93.7 cm³/mol. The number of likely N-dealkylation sites (tertiary alicyclic amines) is 1. The summed E-state index contributed by atoms with van der Waals surface area (Å²) in [5.41, 5.74) is 1.37. The number of unbranched alkanes of at least 4 members (excludes halogenated alkanes) is 1. The monoisotopic (exact) mass is 314 g/mol. The summed E-state index contributed by atoms with van der Waals surface area (Å²) in [5.74, 6) is 0.279. The first kappa shape index (κ1) is 18.0. The molecule has 1 fully saturated rings. The first-order valence-electron chi connectivity index (χ1n) is 8.98. The largest absolute Gasteiger partial charge is 0.396 e. The Labute approximate surface area is 140 Å². The van der Waals surface area contributed by atoms with Crippen molar-refractivity contribution in [3.05, 3.63) is 35.9 Å². The highest BCUT2D eigenvalue weighted by molar-refractivity contribution is 5.14. The quantitative estimate of drug-likeness (QED) is 0.789. The summed E-state index contributed by atoms with van der Waals surface area (Å²) in [5, 5.41) is 19.2. The SMILES string of the molecule is CCCCC(CO)C1(CC#N)CCN(Cc2ccccc2)CC1. The first-order valence-corrected chi connectivity index (χ1v) is 8.98. The van der Waals surface area contributed by atoms with E-state index in [1.165, 1.54) is 5.56 Å². The molecular formula is C20H30N2O. The van der Waals surface area contributed by atoms with Gasteiger partial charge in [0.1, 0.15) is 0 Å². The predicted octanol–water partition coefficient (Wildman–Crippen LogP) is 3.98. The van der Waals surface area contributed by atoms with Crippen molar-refractivity contribution in [3.63, 3.8) is 0 Å². The Morgan fingerprint density at radius 2 is 1.96 bits per heavy atom. The van der Waals surface area contributed by atoms with Crippen LogP contribution in [0.3, 0.4) is 0 Å². The van der Waals surface area contributed by atoms with Gasteiger partial charge < -0.3 is 5.11 Å². The molecule has 0 radical (unpaired) electrons. The number of hydrogen-bond acceptors (Lipinski definition) is 3. The first-order chi connectivity index (χ1) is 11.2. The summed E-state index contributed by atoms with van der Waals surface area (Å²) in [6.45, 7) is 5.45. The minimum Gasteiger partial charge on any atom is -0.396 e. The standard InChI is InChI=1S/C20H30N2O/c1-2-3-9-19(17-23)20(10-13-21)11-14-22(15-12-20)16-18-7-5-4-6-8-18/h4-8,19,23H,2-3,9-12,14-17H2,1H3. The van der Waals surface area contributed by atoms with Crippen LogP contribution in [0.25, 0.3) is 0 Å². The Kier molecular flexibility index (Phi) is 7.08. The second kappa shape index (κ2) is 9.05. The molecule has 3 heteroatoms. The average molecular weight is 314 g/mol. The van der Waals surface area contributed by atoms with E-state index in [1.807, 2.05) is 0 Å². The third-order valence-electron chi connectivity index (χ3n) is 5.52. The molecule has 1 heterocycles. The Balaban J connectivity index is 1.97. The molecular weight excluding hydrogens is 284 g/mol. The zero-order chi connectivity index (χ0) is 16.5. The number of aliphatic hydroxyl groups is 1. The van der Waals surface area contributed by atoms with Gasteiger partial charge in [-0.1, -0.05) is 50.1 Å². The minimum absolute atomic E-state index is 0.0197. The third kappa shape index (κ3) is 4.80. The fraction of sp³-hybridized carbons (Fsp3) is 0.650. The maximum atomic E-state index is 9.87. The van der Waals surface area contributed by atoms with Crippen LogP contribution in [0.2, 0.25) is 0 Å². The highest BCUT2D eigenvalue weighted by Gasteiger charge is 2.40. The Hall–Kier alpha value is -1.37. The molecule has 3 nitrogen and oxygen atoms in total. The summed E-state index contributed by atoms with van der Waals surface area (Å²) in [7, 11) is 0.